The molecule has 0 saturated carbocycles. The van der Waals surface area contributed by atoms with E-state index in [9.17, 15) is 0 Å². The van der Waals surface area contributed by atoms with E-state index in [1.807, 2.05) is 42.5 Å². The van der Waals surface area contributed by atoms with Crippen LogP contribution in [-0.4, -0.2) is 36.6 Å². The highest BCUT2D eigenvalue weighted by atomic mass is 16.5. The number of hydrogen-bond donors (Lipinski definition) is 2. The lowest BCUT2D eigenvalue weighted by atomic mass is 9.78. The van der Waals surface area contributed by atoms with Crippen molar-refractivity contribution < 1.29 is 19.7 Å². The zero-order chi connectivity index (χ0) is 16.7. The van der Waals surface area contributed by atoms with Crippen molar-refractivity contribution in [2.24, 2.45) is 0 Å². The lowest BCUT2D eigenvalue weighted by Crippen LogP contribution is -2.19. The number of benzene rings is 2. The molecule has 0 atom stereocenters. The van der Waals surface area contributed by atoms with Gasteiger partial charge in [-0.25, -0.2) is 0 Å². The maximum atomic E-state index is 8.87. The van der Waals surface area contributed by atoms with Crippen LogP contribution in [0, 0.1) is 0 Å². The van der Waals surface area contributed by atoms with Crippen molar-refractivity contribution in [2.45, 2.75) is 19.3 Å². The summed E-state index contributed by atoms with van der Waals surface area (Å²) in [4.78, 5) is 0. The van der Waals surface area contributed by atoms with Gasteiger partial charge in [-0.3, -0.25) is 0 Å². The molecule has 0 fully saturated rings. The van der Waals surface area contributed by atoms with E-state index in [0.29, 0.717) is 13.2 Å². The third kappa shape index (κ3) is 4.47. The van der Waals surface area contributed by atoms with Gasteiger partial charge < -0.3 is 19.7 Å². The minimum atomic E-state index is -0.186. The molecule has 0 spiro atoms. The van der Waals surface area contributed by atoms with Crippen LogP contribution in [0.2, 0.25) is 0 Å². The van der Waals surface area contributed by atoms with Gasteiger partial charge >= 0.3 is 0 Å². The monoisotopic (exact) mass is 316 g/mol. The molecule has 0 saturated heterocycles. The molecule has 124 valence electrons. The Hall–Kier alpha value is -2.04. The molecule has 0 aliphatic heterocycles. The molecule has 0 unspecified atom stereocenters. The van der Waals surface area contributed by atoms with Crippen molar-refractivity contribution in [2.75, 3.05) is 26.4 Å². The van der Waals surface area contributed by atoms with Gasteiger partial charge in [0.2, 0.25) is 0 Å². The minimum Gasteiger partial charge on any atom is -0.491 e. The maximum absolute atomic E-state index is 8.87. The van der Waals surface area contributed by atoms with Crippen molar-refractivity contribution in [3.63, 3.8) is 0 Å². The van der Waals surface area contributed by atoms with Crippen molar-refractivity contribution in [3.8, 4) is 11.5 Å². The molecule has 0 aromatic heterocycles. The first-order valence-electron chi connectivity index (χ1n) is 7.76. The molecule has 4 nitrogen and oxygen atoms in total. The van der Waals surface area contributed by atoms with Gasteiger partial charge in [-0.2, -0.15) is 0 Å². The van der Waals surface area contributed by atoms with Gasteiger partial charge in [0.25, 0.3) is 0 Å². The second-order valence-corrected chi connectivity index (χ2v) is 5.82. The van der Waals surface area contributed by atoms with Crippen molar-refractivity contribution >= 4 is 0 Å². The zero-order valence-electron chi connectivity index (χ0n) is 13.7. The average Bonchev–Trinajstić information content (AvgIpc) is 2.58. The topological polar surface area (TPSA) is 58.9 Å². The maximum Gasteiger partial charge on any atom is 0.119 e. The van der Waals surface area contributed by atoms with Gasteiger partial charge in [-0.05, 0) is 35.4 Å². The largest absolute Gasteiger partial charge is 0.491 e. The van der Waals surface area contributed by atoms with Gasteiger partial charge in [-0.1, -0.05) is 38.1 Å². The first kappa shape index (κ1) is 17.3. The molecule has 23 heavy (non-hydrogen) atoms. The second kappa shape index (κ2) is 7.99. The van der Waals surface area contributed by atoms with Gasteiger partial charge in [0.1, 0.15) is 24.7 Å². The summed E-state index contributed by atoms with van der Waals surface area (Å²) in [5, 5.41) is 17.7. The Kier molecular flexibility index (Phi) is 6.02. The van der Waals surface area contributed by atoms with Crippen molar-refractivity contribution in [1.82, 2.24) is 0 Å². The lowest BCUT2D eigenvalue weighted by Gasteiger charge is -2.26. The third-order valence-corrected chi connectivity index (χ3v) is 3.85. The smallest absolute Gasteiger partial charge is 0.119 e. The summed E-state index contributed by atoms with van der Waals surface area (Å²) in [6, 6.07) is 15.8. The van der Waals surface area contributed by atoms with E-state index in [4.69, 9.17) is 19.7 Å². The van der Waals surface area contributed by atoms with Crippen molar-refractivity contribution in [1.29, 1.82) is 0 Å². The molecule has 4 heteroatoms. The number of hydrogen-bond acceptors (Lipinski definition) is 4. The summed E-state index contributed by atoms with van der Waals surface area (Å²) in [6.45, 7) is 4.91. The van der Waals surface area contributed by atoms with E-state index in [1.54, 1.807) is 0 Å². The Labute approximate surface area is 137 Å². The molecule has 0 aliphatic carbocycles. The number of rotatable bonds is 8. The molecule has 0 aliphatic rings. The Morgan fingerprint density at radius 1 is 0.783 bits per heavy atom. The Morgan fingerprint density at radius 3 is 2.00 bits per heavy atom. The van der Waals surface area contributed by atoms with Crippen LogP contribution in [0.4, 0.5) is 0 Å². The average molecular weight is 316 g/mol. The molecule has 2 rings (SSSR count). The third-order valence-electron chi connectivity index (χ3n) is 3.85. The normalized spacial score (nSPS) is 11.3. The van der Waals surface area contributed by atoms with Crippen LogP contribution in [0.5, 0.6) is 11.5 Å². The second-order valence-electron chi connectivity index (χ2n) is 5.82. The molecule has 2 N–H and O–H groups in total. The molecule has 2 aromatic rings. The molecule has 0 amide bonds. The van der Waals surface area contributed by atoms with Crippen LogP contribution in [0.15, 0.2) is 48.5 Å². The van der Waals surface area contributed by atoms with Crippen LogP contribution < -0.4 is 9.47 Å². The van der Waals surface area contributed by atoms with E-state index < -0.39 is 0 Å². The SMILES string of the molecule is CC(C)(c1ccc(OCCO)cc1)c1cccc(OCCO)c1. The summed E-state index contributed by atoms with van der Waals surface area (Å²) in [7, 11) is 0. The quantitative estimate of drug-likeness (QED) is 0.786. The fourth-order valence-corrected chi connectivity index (χ4v) is 2.44. The number of aliphatic hydroxyl groups is 2. The number of ether oxygens (including phenoxy) is 2. The van der Waals surface area contributed by atoms with E-state index in [-0.39, 0.29) is 18.6 Å². The first-order chi connectivity index (χ1) is 11.1. The molecular formula is C19H24O4. The highest BCUT2D eigenvalue weighted by Crippen LogP contribution is 2.34. The fourth-order valence-electron chi connectivity index (χ4n) is 2.44. The number of aliphatic hydroxyl groups excluding tert-OH is 2. The van der Waals surface area contributed by atoms with Crippen LogP contribution in [0.25, 0.3) is 0 Å². The van der Waals surface area contributed by atoms with Crippen LogP contribution in [0.1, 0.15) is 25.0 Å². The molecule has 0 bridgehead atoms. The highest BCUT2D eigenvalue weighted by molar-refractivity contribution is 5.42. The zero-order valence-corrected chi connectivity index (χ0v) is 13.7. The van der Waals surface area contributed by atoms with E-state index in [1.165, 1.54) is 0 Å². The lowest BCUT2D eigenvalue weighted by molar-refractivity contribution is 0.201. The summed E-state index contributed by atoms with van der Waals surface area (Å²) in [5.74, 6) is 1.51. The fraction of sp³-hybridized carbons (Fsp3) is 0.368. The Balaban J connectivity index is 2.19. The van der Waals surface area contributed by atoms with Gasteiger partial charge in [0, 0.05) is 5.41 Å². The summed E-state index contributed by atoms with van der Waals surface area (Å²) in [6.07, 6.45) is 0. The highest BCUT2D eigenvalue weighted by Gasteiger charge is 2.23. The van der Waals surface area contributed by atoms with E-state index in [2.05, 4.69) is 19.9 Å². The van der Waals surface area contributed by atoms with E-state index >= 15 is 0 Å². The molecule has 2 aromatic carbocycles. The van der Waals surface area contributed by atoms with Crippen LogP contribution in [0.3, 0.4) is 0 Å². The summed E-state index contributed by atoms with van der Waals surface area (Å²) >= 11 is 0. The molecular weight excluding hydrogens is 292 g/mol. The Morgan fingerprint density at radius 2 is 1.39 bits per heavy atom. The van der Waals surface area contributed by atoms with Gasteiger partial charge in [0.15, 0.2) is 0 Å². The predicted octanol–water partition coefficient (Wildman–Crippen LogP) is 2.75. The van der Waals surface area contributed by atoms with Gasteiger partial charge in [0.05, 0.1) is 13.2 Å². The summed E-state index contributed by atoms with van der Waals surface area (Å²) in [5.41, 5.74) is 2.11. The molecule has 0 heterocycles. The van der Waals surface area contributed by atoms with E-state index in [0.717, 1.165) is 22.6 Å². The van der Waals surface area contributed by atoms with Gasteiger partial charge in [-0.15, -0.1) is 0 Å². The summed E-state index contributed by atoms with van der Waals surface area (Å²) < 4.78 is 10.9. The minimum absolute atomic E-state index is 0.00290. The van der Waals surface area contributed by atoms with Crippen LogP contribution in [-0.2, 0) is 5.41 Å². The van der Waals surface area contributed by atoms with Crippen molar-refractivity contribution in [3.05, 3.63) is 59.7 Å². The Bertz CT molecular complexity index is 605. The standard InChI is InChI=1S/C19H24O4/c1-19(2,15-6-8-17(9-7-15)22-12-10-20)16-4-3-5-18(14-16)23-13-11-21/h3-9,14,20-21H,10-13H2,1-2H3. The first-order valence-corrected chi connectivity index (χ1v) is 7.76. The predicted molar refractivity (Wildman–Crippen MR) is 90.2 cm³/mol. The van der Waals surface area contributed by atoms with Crippen LogP contribution >= 0.6 is 0 Å². The molecule has 0 radical (unpaired) electrons.